The minimum absolute atomic E-state index is 0.0234. The smallest absolute Gasteiger partial charge is 0.183 e. The van der Waals surface area contributed by atoms with Crippen molar-refractivity contribution in [2.75, 3.05) is 6.54 Å². The zero-order valence-corrected chi connectivity index (χ0v) is 14.3. The van der Waals surface area contributed by atoms with Crippen molar-refractivity contribution in [1.82, 2.24) is 5.32 Å². The number of rotatable bonds is 5. The molecular formula is C17H27NO2S. The van der Waals surface area contributed by atoms with Crippen molar-refractivity contribution in [2.45, 2.75) is 63.1 Å². The molecule has 0 bridgehead atoms. The van der Waals surface area contributed by atoms with Gasteiger partial charge in [-0.15, -0.1) is 0 Å². The Hall–Kier alpha value is -0.870. The lowest BCUT2D eigenvalue weighted by molar-refractivity contribution is 0.285. The molecule has 1 aromatic rings. The molecule has 1 aliphatic rings. The van der Waals surface area contributed by atoms with Gasteiger partial charge in [-0.05, 0) is 49.8 Å². The molecule has 0 radical (unpaired) electrons. The minimum Gasteiger partial charge on any atom is -0.312 e. The molecular weight excluding hydrogens is 282 g/mol. The van der Waals surface area contributed by atoms with Gasteiger partial charge in [-0.2, -0.15) is 0 Å². The lowest BCUT2D eigenvalue weighted by atomic mass is 9.87. The Morgan fingerprint density at radius 2 is 1.95 bits per heavy atom. The van der Waals surface area contributed by atoms with Crippen LogP contribution in [0.2, 0.25) is 0 Å². The molecule has 0 amide bonds. The molecule has 118 valence electrons. The van der Waals surface area contributed by atoms with E-state index in [9.17, 15) is 8.42 Å². The predicted octanol–water partition coefficient (Wildman–Crippen LogP) is 3.33. The lowest BCUT2D eigenvalue weighted by Crippen LogP contribution is -2.47. The van der Waals surface area contributed by atoms with E-state index in [4.69, 9.17) is 0 Å². The third-order valence-corrected chi connectivity index (χ3v) is 7.08. The average molecular weight is 309 g/mol. The van der Waals surface area contributed by atoms with Gasteiger partial charge in [0, 0.05) is 6.04 Å². The first-order valence-corrected chi connectivity index (χ1v) is 9.38. The Morgan fingerprint density at radius 3 is 2.57 bits per heavy atom. The zero-order chi connectivity index (χ0) is 15.7. The molecule has 0 heterocycles. The van der Waals surface area contributed by atoms with E-state index in [0.717, 1.165) is 31.4 Å². The van der Waals surface area contributed by atoms with Crippen LogP contribution >= 0.6 is 0 Å². The molecule has 0 saturated heterocycles. The van der Waals surface area contributed by atoms with Crippen molar-refractivity contribution in [2.24, 2.45) is 5.41 Å². The second-order valence-corrected chi connectivity index (χ2v) is 8.94. The summed E-state index contributed by atoms with van der Waals surface area (Å²) in [6, 6.07) is 7.35. The van der Waals surface area contributed by atoms with Crippen LogP contribution in [0, 0.1) is 12.3 Å². The summed E-state index contributed by atoms with van der Waals surface area (Å²) in [7, 11) is -3.28. The van der Waals surface area contributed by atoms with E-state index < -0.39 is 9.84 Å². The van der Waals surface area contributed by atoms with E-state index in [-0.39, 0.29) is 16.7 Å². The molecule has 0 spiro atoms. The second-order valence-electron chi connectivity index (χ2n) is 6.81. The van der Waals surface area contributed by atoms with Crippen LogP contribution < -0.4 is 5.32 Å². The maximum atomic E-state index is 13.1. The number of hydrogen-bond donors (Lipinski definition) is 1. The fraction of sp³-hybridized carbons (Fsp3) is 0.647. The molecule has 2 rings (SSSR count). The first-order valence-electron chi connectivity index (χ1n) is 7.83. The Kier molecular flexibility index (Phi) is 4.79. The van der Waals surface area contributed by atoms with Crippen molar-refractivity contribution >= 4 is 9.84 Å². The van der Waals surface area contributed by atoms with Gasteiger partial charge in [0.1, 0.15) is 0 Å². The summed E-state index contributed by atoms with van der Waals surface area (Å²) in [6.07, 6.45) is 2.71. The third-order valence-electron chi connectivity index (χ3n) is 4.70. The summed E-state index contributed by atoms with van der Waals surface area (Å²) in [5, 5.41) is 3.17. The molecule has 21 heavy (non-hydrogen) atoms. The molecule has 3 nitrogen and oxygen atoms in total. The van der Waals surface area contributed by atoms with Gasteiger partial charge in [-0.25, -0.2) is 8.42 Å². The van der Waals surface area contributed by atoms with Crippen molar-refractivity contribution in [3.05, 3.63) is 29.8 Å². The summed E-state index contributed by atoms with van der Waals surface area (Å²) >= 11 is 0. The van der Waals surface area contributed by atoms with Crippen molar-refractivity contribution in [3.8, 4) is 0 Å². The minimum atomic E-state index is -3.28. The van der Waals surface area contributed by atoms with Crippen molar-refractivity contribution < 1.29 is 8.42 Å². The van der Waals surface area contributed by atoms with Gasteiger partial charge in [-0.3, -0.25) is 0 Å². The molecule has 1 aromatic carbocycles. The monoisotopic (exact) mass is 309 g/mol. The van der Waals surface area contributed by atoms with Crippen LogP contribution in [0.25, 0.3) is 0 Å². The van der Waals surface area contributed by atoms with E-state index in [1.807, 2.05) is 25.1 Å². The summed E-state index contributed by atoms with van der Waals surface area (Å²) in [5.74, 6) is 0. The third kappa shape index (κ3) is 3.16. The SMILES string of the molecule is CCCNC1C(S(=O)(=O)c2ccccc2C)CCC1(C)C. The van der Waals surface area contributed by atoms with E-state index in [0.29, 0.717) is 4.90 Å². The number of sulfone groups is 1. The fourth-order valence-corrected chi connectivity index (χ4v) is 5.78. The zero-order valence-electron chi connectivity index (χ0n) is 13.5. The van der Waals surface area contributed by atoms with Crippen LogP contribution in [0.1, 0.15) is 45.6 Å². The second kappa shape index (κ2) is 6.09. The maximum absolute atomic E-state index is 13.1. The quantitative estimate of drug-likeness (QED) is 0.907. The van der Waals surface area contributed by atoms with Gasteiger partial charge >= 0.3 is 0 Å². The highest BCUT2D eigenvalue weighted by Gasteiger charge is 2.48. The molecule has 1 saturated carbocycles. The highest BCUT2D eigenvalue weighted by Crippen LogP contribution is 2.42. The topological polar surface area (TPSA) is 46.2 Å². The molecule has 1 aliphatic carbocycles. The van der Waals surface area contributed by atoms with Crippen molar-refractivity contribution in [1.29, 1.82) is 0 Å². The summed E-state index contributed by atoms with van der Waals surface area (Å²) < 4.78 is 26.2. The van der Waals surface area contributed by atoms with Crippen LogP contribution in [0.15, 0.2) is 29.2 Å². The van der Waals surface area contributed by atoms with Gasteiger partial charge < -0.3 is 5.32 Å². The maximum Gasteiger partial charge on any atom is 0.183 e. The molecule has 1 N–H and O–H groups in total. The standard InChI is InChI=1S/C17H27NO2S/c1-5-12-18-16-15(10-11-17(16,3)4)21(19,20)14-9-7-6-8-13(14)2/h6-9,15-16,18H,5,10-12H2,1-4H3. The van der Waals surface area contributed by atoms with Crippen molar-refractivity contribution in [3.63, 3.8) is 0 Å². The largest absolute Gasteiger partial charge is 0.312 e. The van der Waals surface area contributed by atoms with Crippen LogP contribution in [0.4, 0.5) is 0 Å². The van der Waals surface area contributed by atoms with Gasteiger partial charge in [0.2, 0.25) is 0 Å². The van der Waals surface area contributed by atoms with Crippen LogP contribution in [-0.2, 0) is 9.84 Å². The van der Waals surface area contributed by atoms with E-state index in [2.05, 4.69) is 26.1 Å². The number of benzene rings is 1. The highest BCUT2D eigenvalue weighted by atomic mass is 32.2. The molecule has 4 heteroatoms. The van der Waals surface area contributed by atoms with Gasteiger partial charge in [0.15, 0.2) is 9.84 Å². The predicted molar refractivity (Wildman–Crippen MR) is 87.2 cm³/mol. The first kappa shape index (κ1) is 16.5. The highest BCUT2D eigenvalue weighted by molar-refractivity contribution is 7.92. The molecule has 2 unspecified atom stereocenters. The lowest BCUT2D eigenvalue weighted by Gasteiger charge is -2.31. The van der Waals surface area contributed by atoms with Gasteiger partial charge in [0.25, 0.3) is 0 Å². The molecule has 1 fully saturated rings. The number of nitrogens with one attached hydrogen (secondary N) is 1. The molecule has 0 aromatic heterocycles. The summed E-state index contributed by atoms with van der Waals surface area (Å²) in [5.41, 5.74) is 0.867. The van der Waals surface area contributed by atoms with Crippen LogP contribution in [-0.4, -0.2) is 26.3 Å². The van der Waals surface area contributed by atoms with Crippen LogP contribution in [0.3, 0.4) is 0 Å². The average Bonchev–Trinajstić information content (AvgIpc) is 2.72. The number of aryl methyl sites for hydroxylation is 1. The van der Waals surface area contributed by atoms with E-state index >= 15 is 0 Å². The Balaban J connectivity index is 2.37. The molecule has 2 atom stereocenters. The number of hydrogen-bond acceptors (Lipinski definition) is 3. The Bertz CT molecular complexity index is 593. The van der Waals surface area contributed by atoms with Gasteiger partial charge in [-0.1, -0.05) is 39.0 Å². The Labute approximate surface area is 129 Å². The van der Waals surface area contributed by atoms with Crippen LogP contribution in [0.5, 0.6) is 0 Å². The summed E-state index contributed by atoms with van der Waals surface area (Å²) in [6.45, 7) is 9.20. The van der Waals surface area contributed by atoms with E-state index in [1.165, 1.54) is 0 Å². The van der Waals surface area contributed by atoms with E-state index in [1.54, 1.807) is 6.07 Å². The summed E-state index contributed by atoms with van der Waals surface area (Å²) in [4.78, 5) is 0.496. The normalized spacial score (nSPS) is 25.1. The van der Waals surface area contributed by atoms with Gasteiger partial charge in [0.05, 0.1) is 10.1 Å². The first-order chi connectivity index (χ1) is 9.80. The molecule has 0 aliphatic heterocycles. The fourth-order valence-electron chi connectivity index (χ4n) is 3.42. The Morgan fingerprint density at radius 1 is 1.29 bits per heavy atom.